The fourth-order valence-corrected chi connectivity index (χ4v) is 2.73. The molecule has 2 N–H and O–H groups in total. The summed E-state index contributed by atoms with van der Waals surface area (Å²) in [6.07, 6.45) is 3.61. The number of aromatic amines is 1. The fraction of sp³-hybridized carbons (Fsp3) is 0.500. The lowest BCUT2D eigenvalue weighted by Gasteiger charge is -2.07. The first-order valence-electron chi connectivity index (χ1n) is 7.59. The molecule has 1 fully saturated rings. The Kier molecular flexibility index (Phi) is 4.50. The summed E-state index contributed by atoms with van der Waals surface area (Å²) in [6.45, 7) is 2.51. The molecule has 5 nitrogen and oxygen atoms in total. The predicted octanol–water partition coefficient (Wildman–Crippen LogP) is 2.04. The maximum atomic E-state index is 11.9. The molecule has 1 amide bonds. The van der Waals surface area contributed by atoms with Gasteiger partial charge in [-0.25, -0.2) is 4.98 Å². The lowest BCUT2D eigenvalue weighted by atomic mass is 10.0. The summed E-state index contributed by atoms with van der Waals surface area (Å²) in [5.41, 5.74) is 1.88. The van der Waals surface area contributed by atoms with Crippen LogP contribution in [0.1, 0.15) is 25.1 Å². The van der Waals surface area contributed by atoms with Crippen molar-refractivity contribution in [1.29, 1.82) is 0 Å². The maximum Gasteiger partial charge on any atom is 0.227 e. The topological polar surface area (TPSA) is 67.0 Å². The molecular weight excluding hydrogens is 266 g/mol. The smallest absolute Gasteiger partial charge is 0.227 e. The Morgan fingerprint density at radius 2 is 2.33 bits per heavy atom. The van der Waals surface area contributed by atoms with Crippen molar-refractivity contribution in [2.45, 2.75) is 25.7 Å². The average Bonchev–Trinajstić information content (AvgIpc) is 3.12. The highest BCUT2D eigenvalue weighted by atomic mass is 16.5. The quantitative estimate of drug-likeness (QED) is 0.799. The van der Waals surface area contributed by atoms with Crippen LogP contribution in [0.5, 0.6) is 0 Å². The Hall–Kier alpha value is -1.88. The van der Waals surface area contributed by atoms with Gasteiger partial charge in [-0.2, -0.15) is 0 Å². The van der Waals surface area contributed by atoms with E-state index < -0.39 is 0 Å². The minimum absolute atomic E-state index is 0.0247. The second-order valence-corrected chi connectivity index (χ2v) is 5.60. The van der Waals surface area contributed by atoms with E-state index in [-0.39, 0.29) is 5.91 Å². The number of para-hydroxylation sites is 2. The summed E-state index contributed by atoms with van der Waals surface area (Å²) in [5, 5.41) is 2.96. The van der Waals surface area contributed by atoms with Crippen LogP contribution >= 0.6 is 0 Å². The Bertz CT molecular complexity index is 569. The number of nitrogens with zero attached hydrogens (tertiary/aromatic N) is 1. The van der Waals surface area contributed by atoms with Crippen LogP contribution in [-0.4, -0.2) is 35.6 Å². The van der Waals surface area contributed by atoms with Gasteiger partial charge in [0.15, 0.2) is 0 Å². The van der Waals surface area contributed by atoms with Crippen molar-refractivity contribution in [1.82, 2.24) is 15.3 Å². The van der Waals surface area contributed by atoms with Crippen LogP contribution in [0.4, 0.5) is 0 Å². The molecule has 1 aliphatic heterocycles. The lowest BCUT2D eigenvalue weighted by Crippen LogP contribution is -2.26. The van der Waals surface area contributed by atoms with Crippen molar-refractivity contribution in [3.8, 4) is 0 Å². The largest absolute Gasteiger partial charge is 0.381 e. The van der Waals surface area contributed by atoms with E-state index in [0.717, 1.165) is 55.9 Å². The second kappa shape index (κ2) is 6.72. The molecule has 0 aliphatic carbocycles. The van der Waals surface area contributed by atoms with Crippen molar-refractivity contribution >= 4 is 16.9 Å². The molecule has 0 saturated carbocycles. The molecule has 0 spiro atoms. The second-order valence-electron chi connectivity index (χ2n) is 5.60. The average molecular weight is 287 g/mol. The normalized spacial score (nSPS) is 18.2. The van der Waals surface area contributed by atoms with E-state index in [4.69, 9.17) is 4.74 Å². The standard InChI is InChI=1S/C16H21N3O2/c20-16(17-8-3-4-12-7-9-21-11-12)10-15-18-13-5-1-2-6-14(13)19-15/h1-2,5-6,12H,3-4,7-11H2,(H,17,20)(H,18,19)/t12-/m0/s1. The highest BCUT2D eigenvalue weighted by molar-refractivity contribution is 5.80. The molecule has 0 bridgehead atoms. The SMILES string of the molecule is O=C(Cc1nc2ccccc2[nH]1)NCCC[C@H]1CCOC1. The number of benzene rings is 1. The first-order valence-corrected chi connectivity index (χ1v) is 7.59. The summed E-state index contributed by atoms with van der Waals surface area (Å²) in [4.78, 5) is 19.5. The summed E-state index contributed by atoms with van der Waals surface area (Å²) < 4.78 is 5.34. The number of carbonyl (C=O) groups is 1. The molecule has 3 rings (SSSR count). The van der Waals surface area contributed by atoms with E-state index in [2.05, 4.69) is 15.3 Å². The van der Waals surface area contributed by atoms with Gasteiger partial charge < -0.3 is 15.0 Å². The number of nitrogens with one attached hydrogen (secondary N) is 2. The monoisotopic (exact) mass is 287 g/mol. The summed E-state index contributed by atoms with van der Waals surface area (Å²) >= 11 is 0. The zero-order valence-corrected chi connectivity index (χ0v) is 12.1. The minimum atomic E-state index is 0.0247. The molecule has 112 valence electrons. The van der Waals surface area contributed by atoms with Crippen LogP contribution in [0.3, 0.4) is 0 Å². The number of aromatic nitrogens is 2. The zero-order chi connectivity index (χ0) is 14.5. The van der Waals surface area contributed by atoms with Gasteiger partial charge in [-0.1, -0.05) is 12.1 Å². The first kappa shape index (κ1) is 14.1. The third kappa shape index (κ3) is 3.82. The molecule has 1 aromatic carbocycles. The van der Waals surface area contributed by atoms with Gasteiger partial charge in [0.05, 0.1) is 17.5 Å². The van der Waals surface area contributed by atoms with Crippen LogP contribution in [0, 0.1) is 5.92 Å². The number of carbonyl (C=O) groups excluding carboxylic acids is 1. The van der Waals surface area contributed by atoms with Crippen LogP contribution in [-0.2, 0) is 16.0 Å². The Morgan fingerprint density at radius 3 is 3.14 bits per heavy atom. The van der Waals surface area contributed by atoms with E-state index in [1.54, 1.807) is 0 Å². The number of amides is 1. The molecule has 21 heavy (non-hydrogen) atoms. The molecule has 2 heterocycles. The van der Waals surface area contributed by atoms with Gasteiger partial charge >= 0.3 is 0 Å². The van der Waals surface area contributed by atoms with Crippen LogP contribution in [0.15, 0.2) is 24.3 Å². The van der Waals surface area contributed by atoms with E-state index in [0.29, 0.717) is 12.3 Å². The molecule has 1 saturated heterocycles. The van der Waals surface area contributed by atoms with Gasteiger partial charge in [-0.05, 0) is 37.3 Å². The van der Waals surface area contributed by atoms with Crippen molar-refractivity contribution < 1.29 is 9.53 Å². The number of imidazole rings is 1. The summed E-state index contributed by atoms with van der Waals surface area (Å²) in [5.74, 6) is 1.42. The maximum absolute atomic E-state index is 11.9. The van der Waals surface area contributed by atoms with Crippen LogP contribution < -0.4 is 5.32 Å². The Morgan fingerprint density at radius 1 is 1.43 bits per heavy atom. The van der Waals surface area contributed by atoms with Crippen molar-refractivity contribution in [3.05, 3.63) is 30.1 Å². The molecule has 0 radical (unpaired) electrons. The van der Waals surface area contributed by atoms with E-state index in [1.807, 2.05) is 24.3 Å². The molecule has 2 aromatic rings. The Labute approximate surface area is 124 Å². The molecular formula is C16H21N3O2. The molecule has 5 heteroatoms. The predicted molar refractivity (Wildman–Crippen MR) is 81.0 cm³/mol. The molecule has 0 unspecified atom stereocenters. The van der Waals surface area contributed by atoms with Gasteiger partial charge in [0.2, 0.25) is 5.91 Å². The lowest BCUT2D eigenvalue weighted by molar-refractivity contribution is -0.120. The number of H-pyrrole nitrogens is 1. The van der Waals surface area contributed by atoms with Crippen molar-refractivity contribution in [3.63, 3.8) is 0 Å². The van der Waals surface area contributed by atoms with Gasteiger partial charge in [-0.3, -0.25) is 4.79 Å². The fourth-order valence-electron chi connectivity index (χ4n) is 2.73. The molecule has 1 atom stereocenters. The minimum Gasteiger partial charge on any atom is -0.381 e. The van der Waals surface area contributed by atoms with E-state index in [1.165, 1.54) is 0 Å². The van der Waals surface area contributed by atoms with E-state index in [9.17, 15) is 4.79 Å². The van der Waals surface area contributed by atoms with Crippen LogP contribution in [0.2, 0.25) is 0 Å². The molecule has 1 aliphatic rings. The van der Waals surface area contributed by atoms with Gasteiger partial charge in [0.1, 0.15) is 5.82 Å². The number of hydrogen-bond acceptors (Lipinski definition) is 3. The van der Waals surface area contributed by atoms with Gasteiger partial charge in [0, 0.05) is 19.8 Å². The third-order valence-corrected chi connectivity index (χ3v) is 3.90. The summed E-state index contributed by atoms with van der Waals surface area (Å²) in [6, 6.07) is 7.81. The van der Waals surface area contributed by atoms with Gasteiger partial charge in [-0.15, -0.1) is 0 Å². The third-order valence-electron chi connectivity index (χ3n) is 3.90. The van der Waals surface area contributed by atoms with Crippen molar-refractivity contribution in [2.24, 2.45) is 5.92 Å². The number of hydrogen-bond donors (Lipinski definition) is 2. The van der Waals surface area contributed by atoms with Crippen LogP contribution in [0.25, 0.3) is 11.0 Å². The van der Waals surface area contributed by atoms with E-state index >= 15 is 0 Å². The summed E-state index contributed by atoms with van der Waals surface area (Å²) in [7, 11) is 0. The highest BCUT2D eigenvalue weighted by Crippen LogP contribution is 2.17. The number of fused-ring (bicyclic) bond motifs is 1. The number of ether oxygens (including phenoxy) is 1. The molecule has 1 aromatic heterocycles. The first-order chi connectivity index (χ1) is 10.3. The van der Waals surface area contributed by atoms with Crippen molar-refractivity contribution in [2.75, 3.05) is 19.8 Å². The number of rotatable bonds is 6. The zero-order valence-electron chi connectivity index (χ0n) is 12.1. The Balaban J connectivity index is 1.41. The van der Waals surface area contributed by atoms with Gasteiger partial charge in [0.25, 0.3) is 0 Å². The highest BCUT2D eigenvalue weighted by Gasteiger charge is 2.15.